The molecular weight excluding hydrogens is 266 g/mol. The molecule has 1 saturated heterocycles. The Balaban J connectivity index is 1.66. The normalized spacial score (nSPS) is 22.0. The van der Waals surface area contributed by atoms with E-state index in [1.807, 2.05) is 24.4 Å². The van der Waals surface area contributed by atoms with Gasteiger partial charge in [-0.15, -0.1) is 0 Å². The lowest BCUT2D eigenvalue weighted by atomic mass is 9.92. The Labute approximate surface area is 123 Å². The number of anilines is 1. The molecule has 2 N–H and O–H groups in total. The zero-order chi connectivity index (χ0) is 14.7. The summed E-state index contributed by atoms with van der Waals surface area (Å²) in [4.78, 5) is 16.6. The van der Waals surface area contributed by atoms with Crippen LogP contribution in [0.2, 0.25) is 0 Å². The average molecular weight is 285 g/mol. The summed E-state index contributed by atoms with van der Waals surface area (Å²) >= 11 is 0. The first-order valence-corrected chi connectivity index (χ1v) is 7.24. The van der Waals surface area contributed by atoms with Crippen molar-refractivity contribution in [1.29, 1.82) is 0 Å². The predicted molar refractivity (Wildman–Crippen MR) is 80.2 cm³/mol. The van der Waals surface area contributed by atoms with Gasteiger partial charge in [0.1, 0.15) is 0 Å². The molecule has 1 aliphatic heterocycles. The second-order valence-electron chi connectivity index (χ2n) is 5.40. The Kier molecular flexibility index (Phi) is 3.96. The molecule has 3 rings (SSSR count). The fraction of sp³-hybridized carbons (Fsp3) is 0.400. The Morgan fingerprint density at radius 1 is 1.48 bits per heavy atom. The van der Waals surface area contributed by atoms with Crippen LogP contribution in [0.1, 0.15) is 19.8 Å². The highest BCUT2D eigenvalue weighted by molar-refractivity contribution is 5.95. The van der Waals surface area contributed by atoms with Crippen molar-refractivity contribution in [2.75, 3.05) is 11.9 Å². The van der Waals surface area contributed by atoms with Crippen molar-refractivity contribution >= 4 is 11.6 Å². The van der Waals surface area contributed by atoms with Gasteiger partial charge in [0.2, 0.25) is 5.91 Å². The first kappa shape index (κ1) is 13.8. The van der Waals surface area contributed by atoms with Gasteiger partial charge >= 0.3 is 0 Å². The highest BCUT2D eigenvalue weighted by atomic mass is 16.2. The van der Waals surface area contributed by atoms with Gasteiger partial charge < -0.3 is 10.6 Å². The van der Waals surface area contributed by atoms with Gasteiger partial charge in [0, 0.05) is 12.4 Å². The first-order chi connectivity index (χ1) is 10.2. The highest BCUT2D eigenvalue weighted by Gasteiger charge is 2.27. The molecule has 2 aromatic heterocycles. The third-order valence-electron chi connectivity index (χ3n) is 3.81. The standard InChI is InChI=1S/C15H19N5O/c1-11-4-2-7-16-14(11)15(21)19-12-5-6-13(17-10-12)20-9-3-8-18-20/h3,5-6,8-11,14,16H,2,4,7H2,1H3,(H,19,21). The van der Waals surface area contributed by atoms with Crippen LogP contribution in [0, 0.1) is 5.92 Å². The minimum Gasteiger partial charge on any atom is -0.323 e. The van der Waals surface area contributed by atoms with Crippen LogP contribution in [0.25, 0.3) is 5.82 Å². The molecule has 110 valence electrons. The summed E-state index contributed by atoms with van der Waals surface area (Å²) in [7, 11) is 0. The SMILES string of the molecule is CC1CCCNC1C(=O)Nc1ccc(-n2cccn2)nc1. The van der Waals surface area contributed by atoms with E-state index >= 15 is 0 Å². The predicted octanol–water partition coefficient (Wildman–Crippen LogP) is 1.59. The van der Waals surface area contributed by atoms with Gasteiger partial charge in [-0.3, -0.25) is 4.79 Å². The fourth-order valence-corrected chi connectivity index (χ4v) is 2.62. The van der Waals surface area contributed by atoms with E-state index in [2.05, 4.69) is 27.6 Å². The number of aromatic nitrogens is 3. The number of hydrogen-bond acceptors (Lipinski definition) is 4. The molecule has 6 nitrogen and oxygen atoms in total. The molecule has 0 aromatic carbocycles. The molecule has 0 saturated carbocycles. The van der Waals surface area contributed by atoms with Crippen LogP contribution in [-0.2, 0) is 4.79 Å². The number of hydrogen-bond donors (Lipinski definition) is 2. The molecule has 1 aliphatic rings. The van der Waals surface area contributed by atoms with E-state index in [1.165, 1.54) is 0 Å². The number of rotatable bonds is 3. The van der Waals surface area contributed by atoms with Gasteiger partial charge in [-0.25, -0.2) is 9.67 Å². The molecule has 2 aromatic rings. The summed E-state index contributed by atoms with van der Waals surface area (Å²) in [5, 5.41) is 10.3. The maximum Gasteiger partial charge on any atom is 0.241 e. The van der Waals surface area contributed by atoms with E-state index < -0.39 is 0 Å². The Hall–Kier alpha value is -2.21. The molecule has 1 fully saturated rings. The fourth-order valence-electron chi connectivity index (χ4n) is 2.62. The molecule has 0 spiro atoms. The lowest BCUT2D eigenvalue weighted by Gasteiger charge is -2.28. The minimum atomic E-state index is -0.121. The van der Waals surface area contributed by atoms with Gasteiger partial charge in [-0.1, -0.05) is 6.92 Å². The number of pyridine rings is 1. The third-order valence-corrected chi connectivity index (χ3v) is 3.81. The van der Waals surface area contributed by atoms with Crippen LogP contribution in [0.15, 0.2) is 36.8 Å². The molecule has 6 heteroatoms. The number of amides is 1. The number of nitrogens with zero attached hydrogens (tertiary/aromatic N) is 3. The maximum absolute atomic E-state index is 12.3. The second-order valence-corrected chi connectivity index (χ2v) is 5.40. The van der Waals surface area contributed by atoms with Crippen LogP contribution < -0.4 is 10.6 Å². The molecule has 0 radical (unpaired) electrons. The van der Waals surface area contributed by atoms with E-state index in [0.29, 0.717) is 11.6 Å². The van der Waals surface area contributed by atoms with Crippen LogP contribution in [-0.4, -0.2) is 33.3 Å². The summed E-state index contributed by atoms with van der Waals surface area (Å²) in [5.41, 5.74) is 0.704. The van der Waals surface area contributed by atoms with Crippen molar-refractivity contribution < 1.29 is 4.79 Å². The maximum atomic E-state index is 12.3. The molecule has 21 heavy (non-hydrogen) atoms. The summed E-state index contributed by atoms with van der Waals surface area (Å²) in [5.74, 6) is 1.09. The van der Waals surface area contributed by atoms with Crippen LogP contribution in [0.4, 0.5) is 5.69 Å². The van der Waals surface area contributed by atoms with Gasteiger partial charge in [0.05, 0.1) is 17.9 Å². The highest BCUT2D eigenvalue weighted by Crippen LogP contribution is 2.17. The van der Waals surface area contributed by atoms with E-state index in [0.717, 1.165) is 25.2 Å². The monoisotopic (exact) mass is 285 g/mol. The zero-order valence-corrected chi connectivity index (χ0v) is 12.0. The number of piperidine rings is 1. The van der Waals surface area contributed by atoms with E-state index in [-0.39, 0.29) is 11.9 Å². The van der Waals surface area contributed by atoms with Crippen molar-refractivity contribution in [2.24, 2.45) is 5.92 Å². The van der Waals surface area contributed by atoms with Crippen LogP contribution >= 0.6 is 0 Å². The van der Waals surface area contributed by atoms with Crippen LogP contribution in [0.5, 0.6) is 0 Å². The van der Waals surface area contributed by atoms with Crippen LogP contribution in [0.3, 0.4) is 0 Å². The topological polar surface area (TPSA) is 71.8 Å². The lowest BCUT2D eigenvalue weighted by molar-refractivity contribution is -0.119. The quantitative estimate of drug-likeness (QED) is 0.898. The summed E-state index contributed by atoms with van der Waals surface area (Å²) in [6, 6.07) is 5.40. The molecule has 2 atom stereocenters. The second kappa shape index (κ2) is 6.05. The van der Waals surface area contributed by atoms with Crippen molar-refractivity contribution in [3.8, 4) is 5.82 Å². The molecule has 1 amide bonds. The molecule has 0 aliphatic carbocycles. The zero-order valence-electron chi connectivity index (χ0n) is 12.0. The van der Waals surface area contributed by atoms with E-state index in [9.17, 15) is 4.79 Å². The van der Waals surface area contributed by atoms with Crippen molar-refractivity contribution in [3.05, 3.63) is 36.8 Å². The van der Waals surface area contributed by atoms with Gasteiger partial charge in [-0.2, -0.15) is 5.10 Å². The Bertz CT molecular complexity index is 593. The smallest absolute Gasteiger partial charge is 0.241 e. The Morgan fingerprint density at radius 2 is 2.38 bits per heavy atom. The Morgan fingerprint density at radius 3 is 3.05 bits per heavy atom. The summed E-state index contributed by atoms with van der Waals surface area (Å²) in [6.45, 7) is 3.01. The minimum absolute atomic E-state index is 0.0100. The number of nitrogens with one attached hydrogen (secondary N) is 2. The molecule has 0 bridgehead atoms. The summed E-state index contributed by atoms with van der Waals surface area (Å²) in [6.07, 6.45) is 7.40. The summed E-state index contributed by atoms with van der Waals surface area (Å²) < 4.78 is 1.68. The number of carbonyl (C=O) groups excluding carboxylic acids is 1. The van der Waals surface area contributed by atoms with Gasteiger partial charge in [0.15, 0.2) is 5.82 Å². The van der Waals surface area contributed by atoms with E-state index in [4.69, 9.17) is 0 Å². The third kappa shape index (κ3) is 3.11. The van der Waals surface area contributed by atoms with Crippen molar-refractivity contribution in [1.82, 2.24) is 20.1 Å². The lowest BCUT2D eigenvalue weighted by Crippen LogP contribution is -2.48. The molecule has 2 unspecified atom stereocenters. The van der Waals surface area contributed by atoms with Gasteiger partial charge in [-0.05, 0) is 43.5 Å². The van der Waals surface area contributed by atoms with E-state index in [1.54, 1.807) is 17.1 Å². The van der Waals surface area contributed by atoms with Gasteiger partial charge in [0.25, 0.3) is 0 Å². The largest absolute Gasteiger partial charge is 0.323 e. The molecular formula is C15H19N5O. The number of carbonyl (C=O) groups is 1. The first-order valence-electron chi connectivity index (χ1n) is 7.24. The molecule has 3 heterocycles. The van der Waals surface area contributed by atoms with Crippen molar-refractivity contribution in [3.63, 3.8) is 0 Å². The average Bonchev–Trinajstić information content (AvgIpc) is 3.02. The van der Waals surface area contributed by atoms with Crippen molar-refractivity contribution in [2.45, 2.75) is 25.8 Å².